The van der Waals surface area contributed by atoms with E-state index in [0.29, 0.717) is 6.04 Å². The van der Waals surface area contributed by atoms with E-state index in [2.05, 4.69) is 36.1 Å². The smallest absolute Gasteiger partial charge is 0.0844 e. The van der Waals surface area contributed by atoms with Gasteiger partial charge in [-0.05, 0) is 37.2 Å². The van der Waals surface area contributed by atoms with Crippen molar-refractivity contribution in [3.63, 3.8) is 0 Å². The standard InChI is InChI=1S/C12H17N/c13-12-8-6-11(7-9-12)10-4-2-1-3-5-10/h1-5,11-12H,6-9,13H2/p+1. The molecule has 0 saturated heterocycles. The highest BCUT2D eigenvalue weighted by molar-refractivity contribution is 5.19. The van der Waals surface area contributed by atoms with Gasteiger partial charge < -0.3 is 5.73 Å². The Kier molecular flexibility index (Phi) is 2.65. The maximum atomic E-state index is 4.13. The minimum atomic E-state index is 0.708. The van der Waals surface area contributed by atoms with Gasteiger partial charge in [-0.15, -0.1) is 0 Å². The maximum absolute atomic E-state index is 4.13. The first-order valence-electron chi connectivity index (χ1n) is 5.24. The van der Waals surface area contributed by atoms with Crippen molar-refractivity contribution in [3.05, 3.63) is 35.9 Å². The van der Waals surface area contributed by atoms with E-state index in [-0.39, 0.29) is 0 Å². The molecule has 13 heavy (non-hydrogen) atoms. The van der Waals surface area contributed by atoms with Crippen LogP contribution in [0.3, 0.4) is 0 Å². The molecule has 0 atom stereocenters. The van der Waals surface area contributed by atoms with Crippen molar-refractivity contribution in [1.29, 1.82) is 0 Å². The fraction of sp³-hybridized carbons (Fsp3) is 0.500. The summed E-state index contributed by atoms with van der Waals surface area (Å²) >= 11 is 0. The largest absolute Gasteiger partial charge is 0.355 e. The van der Waals surface area contributed by atoms with Gasteiger partial charge in [0, 0.05) is 0 Å². The van der Waals surface area contributed by atoms with Gasteiger partial charge in [0.1, 0.15) is 0 Å². The summed E-state index contributed by atoms with van der Waals surface area (Å²) in [6.45, 7) is 0. The minimum Gasteiger partial charge on any atom is -0.355 e. The summed E-state index contributed by atoms with van der Waals surface area (Å²) in [5.74, 6) is 0.805. The highest BCUT2D eigenvalue weighted by Crippen LogP contribution is 2.31. The minimum absolute atomic E-state index is 0.708. The van der Waals surface area contributed by atoms with Crippen LogP contribution in [-0.2, 0) is 0 Å². The summed E-state index contributed by atoms with van der Waals surface area (Å²) < 4.78 is 0. The monoisotopic (exact) mass is 176 g/mol. The third-order valence-electron chi connectivity index (χ3n) is 3.12. The molecule has 1 aromatic carbocycles. The Hall–Kier alpha value is -0.820. The molecule has 0 aliphatic heterocycles. The van der Waals surface area contributed by atoms with Gasteiger partial charge in [0.05, 0.1) is 6.04 Å². The molecule has 1 aromatic rings. The molecule has 1 aliphatic carbocycles. The predicted molar refractivity (Wildman–Crippen MR) is 54.3 cm³/mol. The second kappa shape index (κ2) is 3.93. The third kappa shape index (κ3) is 2.10. The molecule has 0 aromatic heterocycles. The number of rotatable bonds is 1. The quantitative estimate of drug-likeness (QED) is 0.677. The van der Waals surface area contributed by atoms with E-state index in [1.54, 1.807) is 0 Å². The molecule has 1 aliphatic rings. The van der Waals surface area contributed by atoms with E-state index in [1.165, 1.54) is 31.2 Å². The van der Waals surface area contributed by atoms with E-state index in [4.69, 9.17) is 0 Å². The summed E-state index contributed by atoms with van der Waals surface area (Å²) in [5, 5.41) is 0. The van der Waals surface area contributed by atoms with Crippen molar-refractivity contribution in [2.45, 2.75) is 37.6 Å². The van der Waals surface area contributed by atoms with Crippen LogP contribution in [0.1, 0.15) is 37.2 Å². The molecule has 0 bridgehead atoms. The van der Waals surface area contributed by atoms with Crippen LogP contribution in [0.15, 0.2) is 30.3 Å². The highest BCUT2D eigenvalue weighted by Gasteiger charge is 2.21. The average Bonchev–Trinajstić information content (AvgIpc) is 2.20. The van der Waals surface area contributed by atoms with Gasteiger partial charge in [0.25, 0.3) is 0 Å². The van der Waals surface area contributed by atoms with Crippen LogP contribution in [0.5, 0.6) is 0 Å². The normalized spacial score (nSPS) is 28.7. The maximum Gasteiger partial charge on any atom is 0.0844 e. The lowest BCUT2D eigenvalue weighted by Crippen LogP contribution is -2.61. The highest BCUT2D eigenvalue weighted by atomic mass is 14.6. The van der Waals surface area contributed by atoms with Crippen molar-refractivity contribution in [1.82, 2.24) is 0 Å². The van der Waals surface area contributed by atoms with Crippen LogP contribution in [0.4, 0.5) is 0 Å². The van der Waals surface area contributed by atoms with E-state index >= 15 is 0 Å². The second-order valence-electron chi connectivity index (χ2n) is 4.13. The number of hydrogen-bond acceptors (Lipinski definition) is 0. The van der Waals surface area contributed by atoms with Gasteiger partial charge in [-0.1, -0.05) is 30.3 Å². The van der Waals surface area contributed by atoms with Gasteiger partial charge in [-0.25, -0.2) is 0 Å². The summed E-state index contributed by atoms with van der Waals surface area (Å²) in [6, 6.07) is 11.6. The van der Waals surface area contributed by atoms with Gasteiger partial charge in [-0.3, -0.25) is 0 Å². The molecule has 1 fully saturated rings. The zero-order chi connectivity index (χ0) is 9.10. The lowest BCUT2D eigenvalue weighted by atomic mass is 9.82. The average molecular weight is 176 g/mol. The topological polar surface area (TPSA) is 27.6 Å². The van der Waals surface area contributed by atoms with Crippen LogP contribution in [0, 0.1) is 0 Å². The molecule has 1 nitrogen and oxygen atoms in total. The molecular weight excluding hydrogens is 158 g/mol. The molecule has 0 spiro atoms. The number of quaternary nitrogens is 1. The zero-order valence-electron chi connectivity index (χ0n) is 8.08. The van der Waals surface area contributed by atoms with E-state index in [1.807, 2.05) is 0 Å². The Morgan fingerprint density at radius 3 is 2.15 bits per heavy atom. The van der Waals surface area contributed by atoms with Gasteiger partial charge in [-0.2, -0.15) is 0 Å². The summed E-state index contributed by atoms with van der Waals surface area (Å²) in [4.78, 5) is 0. The predicted octanol–water partition coefficient (Wildman–Crippen LogP) is 1.95. The van der Waals surface area contributed by atoms with Crippen LogP contribution in [-0.4, -0.2) is 6.04 Å². The fourth-order valence-electron chi connectivity index (χ4n) is 2.22. The van der Waals surface area contributed by atoms with Gasteiger partial charge >= 0.3 is 0 Å². The van der Waals surface area contributed by atoms with Crippen molar-refractivity contribution < 1.29 is 5.73 Å². The number of hydrogen-bond donors (Lipinski definition) is 1. The first-order valence-corrected chi connectivity index (χ1v) is 5.24. The molecular formula is C12H18N+. The zero-order valence-corrected chi connectivity index (χ0v) is 8.08. The molecule has 0 radical (unpaired) electrons. The summed E-state index contributed by atoms with van der Waals surface area (Å²) in [6.07, 6.45) is 5.27. The lowest BCUT2D eigenvalue weighted by Gasteiger charge is -2.24. The van der Waals surface area contributed by atoms with E-state index in [0.717, 1.165) is 5.92 Å². The molecule has 1 heteroatoms. The van der Waals surface area contributed by atoms with Crippen LogP contribution < -0.4 is 5.73 Å². The van der Waals surface area contributed by atoms with Crippen molar-refractivity contribution in [3.8, 4) is 0 Å². The summed E-state index contributed by atoms with van der Waals surface area (Å²) in [7, 11) is 0. The Morgan fingerprint density at radius 1 is 0.923 bits per heavy atom. The first kappa shape index (κ1) is 8.76. The molecule has 0 heterocycles. The number of benzene rings is 1. The lowest BCUT2D eigenvalue weighted by molar-refractivity contribution is -0.425. The Balaban J connectivity index is 2.03. The van der Waals surface area contributed by atoms with Gasteiger partial charge in [0.2, 0.25) is 0 Å². The third-order valence-corrected chi connectivity index (χ3v) is 3.12. The van der Waals surface area contributed by atoms with Crippen molar-refractivity contribution in [2.75, 3.05) is 0 Å². The van der Waals surface area contributed by atoms with Crippen LogP contribution in [0.25, 0.3) is 0 Å². The van der Waals surface area contributed by atoms with E-state index in [9.17, 15) is 0 Å². The molecule has 1 saturated carbocycles. The molecule has 0 unspecified atom stereocenters. The molecule has 2 rings (SSSR count). The Labute approximate surface area is 80.0 Å². The summed E-state index contributed by atoms with van der Waals surface area (Å²) in [5.41, 5.74) is 5.65. The Morgan fingerprint density at radius 2 is 1.54 bits per heavy atom. The van der Waals surface area contributed by atoms with Crippen LogP contribution in [0.2, 0.25) is 0 Å². The van der Waals surface area contributed by atoms with Crippen molar-refractivity contribution in [2.24, 2.45) is 0 Å². The second-order valence-corrected chi connectivity index (χ2v) is 4.13. The van der Waals surface area contributed by atoms with Crippen LogP contribution >= 0.6 is 0 Å². The SMILES string of the molecule is [NH3+]C1CCC(c2ccccc2)CC1. The Bertz CT molecular complexity index is 247. The van der Waals surface area contributed by atoms with Gasteiger partial charge in [0.15, 0.2) is 0 Å². The fourth-order valence-corrected chi connectivity index (χ4v) is 2.22. The molecule has 0 amide bonds. The first-order chi connectivity index (χ1) is 6.36. The molecule has 3 N–H and O–H groups in total. The molecule has 70 valence electrons. The van der Waals surface area contributed by atoms with E-state index < -0.39 is 0 Å². The van der Waals surface area contributed by atoms with Crippen molar-refractivity contribution >= 4 is 0 Å².